The average Bonchev–Trinajstić information content (AvgIpc) is 2.13. The lowest BCUT2D eigenvalue weighted by Gasteiger charge is -2.02. The Kier molecular flexibility index (Phi) is 1.56. The Morgan fingerprint density at radius 1 is 1.56 bits per heavy atom. The largest absolute Gasteiger partial charge is 0.272 e. The highest BCUT2D eigenvalue weighted by molar-refractivity contribution is 5.04. The molecule has 0 fully saturated rings. The molecule has 1 rings (SSSR count). The van der Waals surface area contributed by atoms with Crippen LogP contribution < -0.4 is 0 Å². The zero-order valence-electron chi connectivity index (χ0n) is 6.13. The molecule has 0 saturated heterocycles. The van der Waals surface area contributed by atoms with E-state index in [1.54, 1.807) is 0 Å². The molecule has 0 radical (unpaired) electrons. The molecule has 0 aromatic carbocycles. The van der Waals surface area contributed by atoms with Crippen LogP contribution in [0.3, 0.4) is 0 Å². The third-order valence-electron chi connectivity index (χ3n) is 1.45. The summed E-state index contributed by atoms with van der Waals surface area (Å²) in [5, 5.41) is 4.05. The van der Waals surface area contributed by atoms with Crippen LogP contribution in [0.15, 0.2) is 12.3 Å². The normalized spacial score (nSPS) is 10.7. The van der Waals surface area contributed by atoms with Gasteiger partial charge in [0, 0.05) is 18.9 Å². The predicted molar refractivity (Wildman–Crippen MR) is 37.3 cm³/mol. The van der Waals surface area contributed by atoms with Crippen molar-refractivity contribution in [2.75, 3.05) is 0 Å². The Hall–Kier alpha value is -0.790. The van der Waals surface area contributed by atoms with Crippen molar-refractivity contribution in [1.29, 1.82) is 0 Å². The van der Waals surface area contributed by atoms with Gasteiger partial charge in [0.15, 0.2) is 0 Å². The SMILES string of the molecule is CC(C)c1ccnn1C. The lowest BCUT2D eigenvalue weighted by molar-refractivity contribution is 0.669. The van der Waals surface area contributed by atoms with Gasteiger partial charge in [-0.2, -0.15) is 5.10 Å². The van der Waals surface area contributed by atoms with Crippen LogP contribution in [0.25, 0.3) is 0 Å². The standard InChI is InChI=1S/C7H12N2/c1-6(2)7-4-5-8-9(7)3/h4-6H,1-3H3. The summed E-state index contributed by atoms with van der Waals surface area (Å²) in [4.78, 5) is 0. The van der Waals surface area contributed by atoms with Gasteiger partial charge in [-0.3, -0.25) is 4.68 Å². The summed E-state index contributed by atoms with van der Waals surface area (Å²) in [5.41, 5.74) is 1.29. The molecule has 50 valence electrons. The van der Waals surface area contributed by atoms with Crippen molar-refractivity contribution in [2.45, 2.75) is 19.8 Å². The molecule has 0 aliphatic rings. The summed E-state index contributed by atoms with van der Waals surface area (Å²) in [6.07, 6.45) is 1.83. The van der Waals surface area contributed by atoms with Crippen LogP contribution in [0.5, 0.6) is 0 Å². The minimum atomic E-state index is 0.581. The first-order valence-corrected chi connectivity index (χ1v) is 3.19. The summed E-state index contributed by atoms with van der Waals surface area (Å²) >= 11 is 0. The average molecular weight is 124 g/mol. The summed E-state index contributed by atoms with van der Waals surface area (Å²) in [6, 6.07) is 2.05. The van der Waals surface area contributed by atoms with Gasteiger partial charge in [-0.15, -0.1) is 0 Å². The van der Waals surface area contributed by atoms with Gasteiger partial charge in [0.2, 0.25) is 0 Å². The maximum atomic E-state index is 4.05. The van der Waals surface area contributed by atoms with Gasteiger partial charge < -0.3 is 0 Å². The van der Waals surface area contributed by atoms with Gasteiger partial charge in [-0.05, 0) is 12.0 Å². The summed E-state index contributed by atoms with van der Waals surface area (Å²) in [7, 11) is 1.97. The van der Waals surface area contributed by atoms with E-state index in [4.69, 9.17) is 0 Å². The van der Waals surface area contributed by atoms with E-state index < -0.39 is 0 Å². The van der Waals surface area contributed by atoms with Crippen LogP contribution in [0.4, 0.5) is 0 Å². The quantitative estimate of drug-likeness (QED) is 0.555. The van der Waals surface area contributed by atoms with E-state index in [2.05, 4.69) is 18.9 Å². The third-order valence-corrected chi connectivity index (χ3v) is 1.45. The molecular weight excluding hydrogens is 112 g/mol. The highest BCUT2D eigenvalue weighted by Crippen LogP contribution is 2.10. The van der Waals surface area contributed by atoms with Gasteiger partial charge in [0.1, 0.15) is 0 Å². The highest BCUT2D eigenvalue weighted by Gasteiger charge is 2.00. The maximum Gasteiger partial charge on any atom is 0.0492 e. The summed E-state index contributed by atoms with van der Waals surface area (Å²) in [5.74, 6) is 0.581. The third kappa shape index (κ3) is 1.12. The van der Waals surface area contributed by atoms with Crippen LogP contribution in [-0.2, 0) is 7.05 Å². The second-order valence-corrected chi connectivity index (χ2v) is 2.53. The molecule has 0 aliphatic heterocycles. The van der Waals surface area contributed by atoms with Gasteiger partial charge in [0.05, 0.1) is 0 Å². The van der Waals surface area contributed by atoms with E-state index in [0.717, 1.165) is 0 Å². The molecule has 1 heterocycles. The van der Waals surface area contributed by atoms with Crippen molar-refractivity contribution in [2.24, 2.45) is 7.05 Å². The van der Waals surface area contributed by atoms with Crippen molar-refractivity contribution < 1.29 is 0 Å². The van der Waals surface area contributed by atoms with Gasteiger partial charge in [0.25, 0.3) is 0 Å². The molecule has 0 amide bonds. The maximum absolute atomic E-state index is 4.05. The zero-order valence-corrected chi connectivity index (χ0v) is 6.13. The second kappa shape index (κ2) is 2.21. The Morgan fingerprint density at radius 2 is 2.22 bits per heavy atom. The van der Waals surface area contributed by atoms with Gasteiger partial charge in [-0.25, -0.2) is 0 Å². The van der Waals surface area contributed by atoms with Crippen molar-refractivity contribution in [3.8, 4) is 0 Å². The lowest BCUT2D eigenvalue weighted by Crippen LogP contribution is -1.98. The molecule has 1 aromatic rings. The molecule has 0 unspecified atom stereocenters. The second-order valence-electron chi connectivity index (χ2n) is 2.53. The lowest BCUT2D eigenvalue weighted by atomic mass is 10.1. The summed E-state index contributed by atoms with van der Waals surface area (Å²) < 4.78 is 1.91. The molecule has 1 aromatic heterocycles. The number of nitrogens with zero attached hydrogens (tertiary/aromatic N) is 2. The monoisotopic (exact) mass is 124 g/mol. The number of aryl methyl sites for hydroxylation is 1. The van der Waals surface area contributed by atoms with Crippen LogP contribution >= 0.6 is 0 Å². The fraction of sp³-hybridized carbons (Fsp3) is 0.571. The number of hydrogen-bond donors (Lipinski definition) is 0. The van der Waals surface area contributed by atoms with Crippen LogP contribution in [-0.4, -0.2) is 9.78 Å². The van der Waals surface area contributed by atoms with E-state index in [1.807, 2.05) is 24.0 Å². The van der Waals surface area contributed by atoms with E-state index in [1.165, 1.54) is 5.69 Å². The molecular formula is C7H12N2. The molecule has 0 aliphatic carbocycles. The van der Waals surface area contributed by atoms with Gasteiger partial charge in [-0.1, -0.05) is 13.8 Å². The van der Waals surface area contributed by atoms with Crippen molar-refractivity contribution >= 4 is 0 Å². The summed E-state index contributed by atoms with van der Waals surface area (Å²) in [6.45, 7) is 4.33. The van der Waals surface area contributed by atoms with Crippen molar-refractivity contribution in [3.05, 3.63) is 18.0 Å². The predicted octanol–water partition coefficient (Wildman–Crippen LogP) is 1.54. The van der Waals surface area contributed by atoms with Gasteiger partial charge >= 0.3 is 0 Å². The fourth-order valence-corrected chi connectivity index (χ4v) is 0.950. The number of aromatic nitrogens is 2. The van der Waals surface area contributed by atoms with Crippen molar-refractivity contribution in [3.63, 3.8) is 0 Å². The Balaban J connectivity index is 2.94. The molecule has 0 bridgehead atoms. The highest BCUT2D eigenvalue weighted by atomic mass is 15.3. The molecule has 0 atom stereocenters. The molecule has 0 N–H and O–H groups in total. The Morgan fingerprint density at radius 3 is 2.44 bits per heavy atom. The molecule has 2 nitrogen and oxygen atoms in total. The van der Waals surface area contributed by atoms with Crippen LogP contribution in [0, 0.1) is 0 Å². The Labute approximate surface area is 55.5 Å². The molecule has 0 spiro atoms. The number of rotatable bonds is 1. The smallest absolute Gasteiger partial charge is 0.0492 e. The zero-order chi connectivity index (χ0) is 6.85. The van der Waals surface area contributed by atoms with E-state index in [-0.39, 0.29) is 0 Å². The fourth-order valence-electron chi connectivity index (χ4n) is 0.950. The van der Waals surface area contributed by atoms with E-state index in [0.29, 0.717) is 5.92 Å². The van der Waals surface area contributed by atoms with Crippen LogP contribution in [0.2, 0.25) is 0 Å². The Bertz CT molecular complexity index is 189. The molecule has 0 saturated carbocycles. The van der Waals surface area contributed by atoms with Crippen molar-refractivity contribution in [1.82, 2.24) is 9.78 Å². The molecule has 9 heavy (non-hydrogen) atoms. The minimum Gasteiger partial charge on any atom is -0.272 e. The topological polar surface area (TPSA) is 17.8 Å². The minimum absolute atomic E-state index is 0.581. The van der Waals surface area contributed by atoms with Crippen LogP contribution in [0.1, 0.15) is 25.5 Å². The number of hydrogen-bond acceptors (Lipinski definition) is 1. The molecule has 2 heteroatoms. The first kappa shape index (κ1) is 6.33. The van der Waals surface area contributed by atoms with E-state index in [9.17, 15) is 0 Å². The first-order valence-electron chi connectivity index (χ1n) is 3.19. The van der Waals surface area contributed by atoms with E-state index >= 15 is 0 Å². The first-order chi connectivity index (χ1) is 4.22.